The Morgan fingerprint density at radius 1 is 1.35 bits per heavy atom. The van der Waals surface area contributed by atoms with Gasteiger partial charge in [-0.2, -0.15) is 0 Å². The van der Waals surface area contributed by atoms with Gasteiger partial charge < -0.3 is 9.88 Å². The fourth-order valence-corrected chi connectivity index (χ4v) is 4.20. The van der Waals surface area contributed by atoms with Gasteiger partial charge in [0, 0.05) is 31.2 Å². The molecule has 6 heteroatoms. The average Bonchev–Trinajstić information content (AvgIpc) is 2.73. The van der Waals surface area contributed by atoms with Gasteiger partial charge in [0.25, 0.3) is 0 Å². The van der Waals surface area contributed by atoms with Crippen molar-refractivity contribution in [2.45, 2.75) is 31.8 Å². The molecule has 0 atom stereocenters. The third kappa shape index (κ3) is 2.11. The highest BCUT2D eigenvalue weighted by molar-refractivity contribution is 7.91. The standard InChI is InChI=1S/C11H17N3O2S/c15-17(16)5-2-9(3-6-17)14-8-13-10-7-12-4-1-11(10)14/h8-9,12H,1-7H2. The second kappa shape index (κ2) is 4.10. The van der Waals surface area contributed by atoms with E-state index in [4.69, 9.17) is 0 Å². The van der Waals surface area contributed by atoms with E-state index in [0.29, 0.717) is 17.5 Å². The highest BCUT2D eigenvalue weighted by atomic mass is 32.2. The highest BCUT2D eigenvalue weighted by Gasteiger charge is 2.27. The van der Waals surface area contributed by atoms with Crippen molar-refractivity contribution >= 4 is 9.84 Å². The van der Waals surface area contributed by atoms with Crippen molar-refractivity contribution < 1.29 is 8.42 Å². The van der Waals surface area contributed by atoms with Crippen molar-refractivity contribution in [3.8, 4) is 0 Å². The first-order chi connectivity index (χ1) is 8.16. The molecule has 3 rings (SSSR count). The smallest absolute Gasteiger partial charge is 0.150 e. The number of aromatic nitrogens is 2. The van der Waals surface area contributed by atoms with E-state index < -0.39 is 9.84 Å². The van der Waals surface area contributed by atoms with Crippen LogP contribution in [-0.4, -0.2) is 36.0 Å². The molecule has 2 aliphatic heterocycles. The van der Waals surface area contributed by atoms with Gasteiger partial charge in [-0.15, -0.1) is 0 Å². The molecule has 2 aliphatic rings. The predicted octanol–water partition coefficient (Wildman–Crippen LogP) is 0.279. The van der Waals surface area contributed by atoms with E-state index in [0.717, 1.165) is 38.0 Å². The van der Waals surface area contributed by atoms with Gasteiger partial charge in [-0.05, 0) is 12.8 Å². The van der Waals surface area contributed by atoms with Crippen LogP contribution in [0.5, 0.6) is 0 Å². The Kier molecular flexibility index (Phi) is 2.71. The van der Waals surface area contributed by atoms with Gasteiger partial charge in [0.1, 0.15) is 9.84 Å². The summed E-state index contributed by atoms with van der Waals surface area (Å²) in [7, 11) is -2.77. The monoisotopic (exact) mass is 255 g/mol. The van der Waals surface area contributed by atoms with Crippen LogP contribution in [0.15, 0.2) is 6.33 Å². The fraction of sp³-hybridized carbons (Fsp3) is 0.727. The van der Waals surface area contributed by atoms with E-state index in [2.05, 4.69) is 14.9 Å². The van der Waals surface area contributed by atoms with Crippen LogP contribution in [0.3, 0.4) is 0 Å². The molecule has 0 spiro atoms. The number of nitrogens with one attached hydrogen (secondary N) is 1. The quantitative estimate of drug-likeness (QED) is 0.783. The van der Waals surface area contributed by atoms with E-state index >= 15 is 0 Å². The average molecular weight is 255 g/mol. The summed E-state index contributed by atoms with van der Waals surface area (Å²) in [6.45, 7) is 1.83. The molecular weight excluding hydrogens is 238 g/mol. The maximum atomic E-state index is 11.4. The van der Waals surface area contributed by atoms with Crippen molar-refractivity contribution in [2.75, 3.05) is 18.1 Å². The van der Waals surface area contributed by atoms with Gasteiger partial charge in [0.2, 0.25) is 0 Å². The van der Waals surface area contributed by atoms with E-state index in [1.807, 2.05) is 6.33 Å². The number of sulfone groups is 1. The van der Waals surface area contributed by atoms with Gasteiger partial charge >= 0.3 is 0 Å². The largest absolute Gasteiger partial charge is 0.331 e. The molecule has 17 heavy (non-hydrogen) atoms. The number of fused-ring (bicyclic) bond motifs is 1. The van der Waals surface area contributed by atoms with Gasteiger partial charge in [-0.3, -0.25) is 0 Å². The van der Waals surface area contributed by atoms with Crippen molar-refractivity contribution in [2.24, 2.45) is 0 Å². The second-order valence-corrected chi connectivity index (χ2v) is 7.16. The first-order valence-electron chi connectivity index (χ1n) is 6.11. The normalized spacial score (nSPS) is 24.5. The molecule has 0 amide bonds. The second-order valence-electron chi connectivity index (χ2n) is 4.85. The van der Waals surface area contributed by atoms with Crippen molar-refractivity contribution in [3.05, 3.63) is 17.7 Å². The number of hydrogen-bond acceptors (Lipinski definition) is 4. The summed E-state index contributed by atoms with van der Waals surface area (Å²) in [5.74, 6) is 0.645. The van der Waals surface area contributed by atoms with E-state index in [9.17, 15) is 8.42 Å². The lowest BCUT2D eigenvalue weighted by Crippen LogP contribution is -2.29. The van der Waals surface area contributed by atoms with Crippen LogP contribution in [-0.2, 0) is 22.8 Å². The van der Waals surface area contributed by atoms with Gasteiger partial charge in [-0.1, -0.05) is 0 Å². The maximum absolute atomic E-state index is 11.4. The van der Waals surface area contributed by atoms with Crippen LogP contribution in [0.1, 0.15) is 30.3 Å². The molecule has 5 nitrogen and oxygen atoms in total. The zero-order valence-corrected chi connectivity index (χ0v) is 10.5. The molecule has 0 unspecified atom stereocenters. The number of imidazole rings is 1. The Bertz CT molecular complexity index is 507. The van der Waals surface area contributed by atoms with E-state index in [1.54, 1.807) is 0 Å². The minimum Gasteiger partial charge on any atom is -0.331 e. The van der Waals surface area contributed by atoms with Gasteiger partial charge in [0.15, 0.2) is 0 Å². The zero-order chi connectivity index (χ0) is 11.9. The molecule has 1 saturated heterocycles. The van der Waals surface area contributed by atoms with Crippen LogP contribution >= 0.6 is 0 Å². The molecule has 1 fully saturated rings. The van der Waals surface area contributed by atoms with Crippen LogP contribution in [0.2, 0.25) is 0 Å². The predicted molar refractivity (Wildman–Crippen MR) is 64.6 cm³/mol. The first-order valence-corrected chi connectivity index (χ1v) is 7.93. The summed E-state index contributed by atoms with van der Waals surface area (Å²) in [5.41, 5.74) is 2.43. The number of hydrogen-bond donors (Lipinski definition) is 1. The van der Waals surface area contributed by atoms with Crippen LogP contribution < -0.4 is 5.32 Å². The molecule has 0 radical (unpaired) electrons. The van der Waals surface area contributed by atoms with Gasteiger partial charge in [-0.25, -0.2) is 13.4 Å². The SMILES string of the molecule is O=S1(=O)CCC(n2cnc3c2CCNC3)CC1. The molecular formula is C11H17N3O2S. The lowest BCUT2D eigenvalue weighted by Gasteiger charge is -2.26. The minimum absolute atomic E-state index is 0.322. The molecule has 1 aromatic rings. The third-order valence-electron chi connectivity index (χ3n) is 3.73. The Morgan fingerprint density at radius 2 is 2.12 bits per heavy atom. The first kappa shape index (κ1) is 11.2. The van der Waals surface area contributed by atoms with Crippen LogP contribution in [0.25, 0.3) is 0 Å². The molecule has 3 heterocycles. The Labute approximate surface area is 101 Å². The van der Waals surface area contributed by atoms with Crippen molar-refractivity contribution in [3.63, 3.8) is 0 Å². The Balaban J connectivity index is 1.83. The van der Waals surface area contributed by atoms with Crippen LogP contribution in [0.4, 0.5) is 0 Å². The molecule has 1 N–H and O–H groups in total. The lowest BCUT2D eigenvalue weighted by atomic mass is 10.1. The maximum Gasteiger partial charge on any atom is 0.150 e. The number of nitrogens with zero attached hydrogens (tertiary/aromatic N) is 2. The summed E-state index contributed by atoms with van der Waals surface area (Å²) in [6.07, 6.45) is 4.36. The molecule has 0 saturated carbocycles. The molecule has 0 aliphatic carbocycles. The summed E-state index contributed by atoms with van der Waals surface area (Å²) in [4.78, 5) is 4.42. The Morgan fingerprint density at radius 3 is 2.88 bits per heavy atom. The molecule has 0 bridgehead atoms. The van der Waals surface area contributed by atoms with Crippen LogP contribution in [0, 0.1) is 0 Å². The van der Waals surface area contributed by atoms with Gasteiger partial charge in [0.05, 0.1) is 23.5 Å². The summed E-state index contributed by atoms with van der Waals surface area (Å²) in [6, 6.07) is 0.327. The lowest BCUT2D eigenvalue weighted by molar-refractivity contribution is 0.432. The van der Waals surface area contributed by atoms with E-state index in [1.165, 1.54) is 5.69 Å². The number of rotatable bonds is 1. The summed E-state index contributed by atoms with van der Waals surface area (Å²) >= 11 is 0. The highest BCUT2D eigenvalue weighted by Crippen LogP contribution is 2.27. The molecule has 1 aromatic heterocycles. The zero-order valence-electron chi connectivity index (χ0n) is 9.72. The molecule has 94 valence electrons. The summed E-state index contributed by atoms with van der Waals surface area (Å²) in [5, 5.41) is 3.30. The van der Waals surface area contributed by atoms with Crippen molar-refractivity contribution in [1.82, 2.24) is 14.9 Å². The molecule has 0 aromatic carbocycles. The Hall–Kier alpha value is -0.880. The minimum atomic E-state index is -2.77. The third-order valence-corrected chi connectivity index (χ3v) is 5.45. The summed E-state index contributed by atoms with van der Waals surface area (Å²) < 4.78 is 25.1. The fourth-order valence-electron chi connectivity index (χ4n) is 2.73. The van der Waals surface area contributed by atoms with Crippen molar-refractivity contribution in [1.29, 1.82) is 0 Å². The topological polar surface area (TPSA) is 64.0 Å². The van der Waals surface area contributed by atoms with E-state index in [-0.39, 0.29) is 0 Å².